The minimum absolute atomic E-state index is 0.00611. The van der Waals surface area contributed by atoms with Gasteiger partial charge in [0, 0.05) is 6.07 Å². The molecule has 4 unspecified atom stereocenters. The van der Waals surface area contributed by atoms with Gasteiger partial charge in [-0.1, -0.05) is 12.1 Å². The van der Waals surface area contributed by atoms with Gasteiger partial charge < -0.3 is 0 Å². The molecule has 0 saturated heterocycles. The zero-order valence-corrected chi connectivity index (χ0v) is 17.0. The quantitative estimate of drug-likeness (QED) is 0.336. The summed E-state index contributed by atoms with van der Waals surface area (Å²) in [5.74, 6) is -2.56. The molecule has 4 atom stereocenters. The molecule has 0 aromatic heterocycles. The summed E-state index contributed by atoms with van der Waals surface area (Å²) in [5.41, 5.74) is 0.455. The predicted molar refractivity (Wildman–Crippen MR) is 107 cm³/mol. The molecule has 0 bridgehead atoms. The van der Waals surface area contributed by atoms with Crippen LogP contribution in [0.15, 0.2) is 43.0 Å². The van der Waals surface area contributed by atoms with Crippen molar-refractivity contribution in [2.24, 2.45) is 11.8 Å². The average Bonchev–Trinajstić information content (AvgIpc) is 2.70. The minimum Gasteiger partial charge on any atom is -0.207 e. The van der Waals surface area contributed by atoms with Gasteiger partial charge in [-0.2, -0.15) is 13.2 Å². The summed E-state index contributed by atoms with van der Waals surface area (Å²) in [4.78, 5) is 0. The first-order valence-corrected chi connectivity index (χ1v) is 10.7. The summed E-state index contributed by atoms with van der Waals surface area (Å²) in [6.07, 6.45) is 1.19. The van der Waals surface area contributed by atoms with E-state index in [9.17, 15) is 26.3 Å². The first-order valence-electron chi connectivity index (χ1n) is 10.7. The van der Waals surface area contributed by atoms with Crippen molar-refractivity contribution >= 4 is 0 Å². The largest absolute Gasteiger partial charge is 0.419 e. The van der Waals surface area contributed by atoms with Gasteiger partial charge in [0.25, 0.3) is 0 Å². The third-order valence-electron chi connectivity index (χ3n) is 7.08. The summed E-state index contributed by atoms with van der Waals surface area (Å²) in [6.45, 7) is 3.76. The van der Waals surface area contributed by atoms with E-state index >= 15 is 0 Å². The van der Waals surface area contributed by atoms with Gasteiger partial charge in [0.1, 0.15) is 17.5 Å². The third-order valence-corrected chi connectivity index (χ3v) is 7.08. The van der Waals surface area contributed by atoms with Crippen molar-refractivity contribution in [3.63, 3.8) is 0 Å². The molecule has 2 aromatic carbocycles. The molecule has 0 spiro atoms. The highest BCUT2D eigenvalue weighted by Gasteiger charge is 2.44. The van der Waals surface area contributed by atoms with E-state index < -0.39 is 29.2 Å². The number of halogens is 6. The number of rotatable bonds is 4. The van der Waals surface area contributed by atoms with E-state index in [0.717, 1.165) is 43.9 Å². The predicted octanol–water partition coefficient (Wildman–Crippen LogP) is 7.93. The van der Waals surface area contributed by atoms with Crippen LogP contribution >= 0.6 is 0 Å². The highest BCUT2D eigenvalue weighted by atomic mass is 19.4. The molecule has 0 amide bonds. The lowest BCUT2D eigenvalue weighted by atomic mass is 9.57. The molecule has 6 heteroatoms. The Morgan fingerprint density at radius 1 is 0.968 bits per heavy atom. The highest BCUT2D eigenvalue weighted by Crippen LogP contribution is 2.55. The molecule has 2 aliphatic carbocycles. The molecule has 4 rings (SSSR count). The number of benzene rings is 2. The lowest BCUT2D eigenvalue weighted by Crippen LogP contribution is -2.35. The van der Waals surface area contributed by atoms with Crippen molar-refractivity contribution in [1.29, 1.82) is 0 Å². The first kappa shape index (κ1) is 22.0. The zero-order chi connectivity index (χ0) is 22.3. The van der Waals surface area contributed by atoms with Gasteiger partial charge >= 0.3 is 6.18 Å². The lowest BCUT2D eigenvalue weighted by Gasteiger charge is -2.47. The van der Waals surface area contributed by atoms with E-state index in [1.165, 1.54) is 12.1 Å². The van der Waals surface area contributed by atoms with Crippen LogP contribution in [-0.2, 0) is 12.6 Å². The van der Waals surface area contributed by atoms with Gasteiger partial charge in [-0.05, 0) is 97.1 Å². The second-order valence-electron chi connectivity index (χ2n) is 8.73. The van der Waals surface area contributed by atoms with Crippen LogP contribution in [-0.4, -0.2) is 0 Å². The number of alkyl halides is 3. The van der Waals surface area contributed by atoms with Gasteiger partial charge in [0.15, 0.2) is 0 Å². The Morgan fingerprint density at radius 3 is 2.42 bits per heavy atom. The Bertz CT molecular complexity index is 977. The van der Waals surface area contributed by atoms with Crippen molar-refractivity contribution in [2.45, 2.75) is 56.5 Å². The van der Waals surface area contributed by atoms with E-state index in [1.807, 2.05) is 0 Å². The van der Waals surface area contributed by atoms with Crippen LogP contribution in [0, 0.1) is 29.3 Å². The maximum absolute atomic E-state index is 14.4. The number of allylic oxidation sites excluding steroid dienone is 1. The first-order chi connectivity index (χ1) is 14.7. The Hall–Kier alpha value is -2.24. The fourth-order valence-corrected chi connectivity index (χ4v) is 5.83. The highest BCUT2D eigenvalue weighted by molar-refractivity contribution is 5.38. The number of hydrogen-bond acceptors (Lipinski definition) is 0. The van der Waals surface area contributed by atoms with Crippen molar-refractivity contribution < 1.29 is 26.3 Å². The summed E-state index contributed by atoms with van der Waals surface area (Å²) >= 11 is 0. The Morgan fingerprint density at radius 2 is 1.74 bits per heavy atom. The molecule has 1 saturated carbocycles. The summed E-state index contributed by atoms with van der Waals surface area (Å²) in [5, 5.41) is 0. The lowest BCUT2D eigenvalue weighted by molar-refractivity contribution is -0.140. The van der Waals surface area contributed by atoms with Gasteiger partial charge in [0.2, 0.25) is 0 Å². The molecular weight excluding hydrogens is 414 g/mol. The normalized spacial score (nSPS) is 25.6. The van der Waals surface area contributed by atoms with Crippen molar-refractivity contribution in [2.75, 3.05) is 0 Å². The van der Waals surface area contributed by atoms with E-state index in [0.29, 0.717) is 29.5 Å². The van der Waals surface area contributed by atoms with Gasteiger partial charge in [-0.15, -0.1) is 6.58 Å². The van der Waals surface area contributed by atoms with Crippen LogP contribution < -0.4 is 0 Å². The zero-order valence-electron chi connectivity index (χ0n) is 17.0. The Balaban J connectivity index is 1.75. The van der Waals surface area contributed by atoms with Gasteiger partial charge in [0.05, 0.1) is 5.56 Å². The molecule has 31 heavy (non-hydrogen) atoms. The molecule has 0 nitrogen and oxygen atoms in total. The maximum atomic E-state index is 14.4. The maximum Gasteiger partial charge on any atom is 0.419 e. The molecule has 2 aliphatic rings. The van der Waals surface area contributed by atoms with Crippen LogP contribution in [0.5, 0.6) is 0 Å². The monoisotopic (exact) mass is 438 g/mol. The van der Waals surface area contributed by atoms with Crippen molar-refractivity contribution in [3.8, 4) is 0 Å². The van der Waals surface area contributed by atoms with Crippen LogP contribution in [0.25, 0.3) is 0 Å². The average molecular weight is 438 g/mol. The van der Waals surface area contributed by atoms with Crippen molar-refractivity contribution in [3.05, 3.63) is 82.7 Å². The molecule has 0 radical (unpaired) electrons. The molecule has 0 N–H and O–H groups in total. The molecule has 2 aromatic rings. The van der Waals surface area contributed by atoms with Crippen LogP contribution in [0.4, 0.5) is 26.3 Å². The number of fused-ring (bicyclic) bond motifs is 3. The fraction of sp³-hybridized carbons (Fsp3) is 0.440. The molecule has 0 heterocycles. The topological polar surface area (TPSA) is 0 Å². The second kappa shape index (κ2) is 8.36. The molecular formula is C25H24F6. The summed E-state index contributed by atoms with van der Waals surface area (Å²) in [7, 11) is 0. The van der Waals surface area contributed by atoms with E-state index in [4.69, 9.17) is 0 Å². The summed E-state index contributed by atoms with van der Waals surface area (Å²) < 4.78 is 81.9. The Labute approximate surface area is 178 Å². The molecule has 0 aliphatic heterocycles. The van der Waals surface area contributed by atoms with E-state index in [-0.39, 0.29) is 23.7 Å². The smallest absolute Gasteiger partial charge is 0.207 e. The molecule has 166 valence electrons. The Kier molecular flexibility index (Phi) is 5.93. The fourth-order valence-electron chi connectivity index (χ4n) is 5.83. The SMILES string of the molecule is C=CCCC1CCC2c3cc(F)cc(F)c3CCC2C1c1ccc(C(F)(F)F)c(F)c1. The van der Waals surface area contributed by atoms with Gasteiger partial charge in [-0.25, -0.2) is 13.2 Å². The van der Waals surface area contributed by atoms with Crippen LogP contribution in [0.3, 0.4) is 0 Å². The van der Waals surface area contributed by atoms with E-state index in [1.54, 1.807) is 6.08 Å². The van der Waals surface area contributed by atoms with Crippen molar-refractivity contribution in [1.82, 2.24) is 0 Å². The minimum atomic E-state index is -4.75. The van der Waals surface area contributed by atoms with Gasteiger partial charge in [-0.3, -0.25) is 0 Å². The third kappa shape index (κ3) is 4.13. The second-order valence-corrected chi connectivity index (χ2v) is 8.73. The van der Waals surface area contributed by atoms with Crippen LogP contribution in [0.2, 0.25) is 0 Å². The summed E-state index contributed by atoms with van der Waals surface area (Å²) in [6, 6.07) is 5.50. The standard InChI is InChI=1S/C25H24F6/c1-2-3-4-14-5-7-17-19(9-8-18-20(17)12-16(26)13-22(18)27)24(14)15-6-10-21(23(28)11-15)25(29,30)31/h2,6,10-14,17,19,24H,1,3-5,7-9H2. The van der Waals surface area contributed by atoms with Crippen LogP contribution in [0.1, 0.15) is 66.2 Å². The molecule has 1 fully saturated rings. The van der Waals surface area contributed by atoms with E-state index in [2.05, 4.69) is 6.58 Å². The number of hydrogen-bond donors (Lipinski definition) is 0.